The summed E-state index contributed by atoms with van der Waals surface area (Å²) in [6.07, 6.45) is 1.71. The predicted molar refractivity (Wildman–Crippen MR) is 42.4 cm³/mol. The minimum Gasteiger partial charge on any atom is -0.467 e. The maximum atomic E-state index is 10.9. The number of methoxy groups -OCH3 is 1. The maximum absolute atomic E-state index is 10.9. The summed E-state index contributed by atoms with van der Waals surface area (Å²) in [6, 6.07) is -0.463. The fourth-order valence-corrected chi connectivity index (χ4v) is 0.926. The van der Waals surface area contributed by atoms with E-state index in [0.717, 1.165) is 0 Å². The highest BCUT2D eigenvalue weighted by Gasteiger charge is 2.25. The molecule has 1 aliphatic heterocycles. The van der Waals surface area contributed by atoms with Gasteiger partial charge in [-0.3, -0.25) is 5.01 Å². The number of nitrogens with zero attached hydrogens (tertiary/aromatic N) is 3. The van der Waals surface area contributed by atoms with Gasteiger partial charge in [0.05, 0.1) is 20.2 Å². The molecule has 12 heavy (non-hydrogen) atoms. The molecular weight excluding hydrogens is 158 g/mol. The highest BCUT2D eigenvalue weighted by molar-refractivity contribution is 5.76. The molecule has 0 radical (unpaired) electrons. The highest BCUT2D eigenvalue weighted by Crippen LogP contribution is 2.09. The van der Waals surface area contributed by atoms with Crippen molar-refractivity contribution in [3.05, 3.63) is 12.7 Å². The van der Waals surface area contributed by atoms with Crippen molar-refractivity contribution < 1.29 is 9.53 Å². The van der Waals surface area contributed by atoms with Crippen LogP contribution in [0.1, 0.15) is 0 Å². The van der Waals surface area contributed by atoms with Crippen LogP contribution in [0.15, 0.2) is 23.0 Å². The van der Waals surface area contributed by atoms with Gasteiger partial charge in [-0.05, 0) is 0 Å². The third-order valence-electron chi connectivity index (χ3n) is 1.51. The first-order chi connectivity index (χ1) is 5.77. The molecule has 5 nitrogen and oxygen atoms in total. The summed E-state index contributed by atoms with van der Waals surface area (Å²) in [5.41, 5.74) is 0. The summed E-state index contributed by atoms with van der Waals surface area (Å²) in [7, 11) is 1.34. The summed E-state index contributed by atoms with van der Waals surface area (Å²) in [6.45, 7) is 4.65. The Morgan fingerprint density at radius 1 is 1.92 bits per heavy atom. The summed E-state index contributed by atoms with van der Waals surface area (Å²) >= 11 is 0. The molecule has 1 aliphatic rings. The molecule has 1 unspecified atom stereocenters. The Hall–Kier alpha value is -1.39. The Bertz CT molecular complexity index is 215. The molecule has 0 aromatic rings. The molecule has 0 aromatic heterocycles. The van der Waals surface area contributed by atoms with Crippen molar-refractivity contribution in [1.82, 2.24) is 5.01 Å². The molecule has 0 bridgehead atoms. The van der Waals surface area contributed by atoms with Gasteiger partial charge in [0.25, 0.3) is 0 Å². The van der Waals surface area contributed by atoms with Gasteiger partial charge in [-0.15, -0.1) is 6.58 Å². The second-order valence-corrected chi connectivity index (χ2v) is 2.40. The van der Waals surface area contributed by atoms with E-state index in [1.807, 2.05) is 0 Å². The number of ether oxygens (including phenoxy) is 1. The Morgan fingerprint density at radius 2 is 2.67 bits per heavy atom. The first-order valence-electron chi connectivity index (χ1n) is 3.62. The number of esters is 1. The maximum Gasteiger partial charge on any atom is 0.334 e. The van der Waals surface area contributed by atoms with E-state index in [-0.39, 0.29) is 5.97 Å². The van der Waals surface area contributed by atoms with E-state index in [1.165, 1.54) is 7.11 Å². The molecule has 0 spiro atoms. The average Bonchev–Trinajstić information content (AvgIpc) is 2.52. The number of rotatable bonds is 3. The minimum absolute atomic E-state index is 0.342. The third-order valence-corrected chi connectivity index (χ3v) is 1.51. The average molecular weight is 169 g/mol. The van der Waals surface area contributed by atoms with Gasteiger partial charge in [-0.25, -0.2) is 4.79 Å². The van der Waals surface area contributed by atoms with Crippen LogP contribution in [0.25, 0.3) is 0 Å². The van der Waals surface area contributed by atoms with Crippen LogP contribution in [-0.2, 0) is 9.53 Å². The topological polar surface area (TPSA) is 54.3 Å². The van der Waals surface area contributed by atoms with Crippen molar-refractivity contribution in [2.24, 2.45) is 10.3 Å². The van der Waals surface area contributed by atoms with Gasteiger partial charge in [0.2, 0.25) is 0 Å². The van der Waals surface area contributed by atoms with E-state index in [4.69, 9.17) is 0 Å². The largest absolute Gasteiger partial charge is 0.467 e. The van der Waals surface area contributed by atoms with Crippen molar-refractivity contribution in [1.29, 1.82) is 0 Å². The molecule has 1 rings (SSSR count). The molecule has 0 N–H and O–H groups in total. The van der Waals surface area contributed by atoms with Crippen LogP contribution in [0.2, 0.25) is 0 Å². The van der Waals surface area contributed by atoms with Crippen molar-refractivity contribution in [3.8, 4) is 0 Å². The Balaban J connectivity index is 2.41. The lowest BCUT2D eigenvalue weighted by Crippen LogP contribution is -2.28. The lowest BCUT2D eigenvalue weighted by molar-refractivity contribution is -0.141. The molecule has 0 fully saturated rings. The second kappa shape index (κ2) is 3.85. The number of hydrogen-bond acceptors (Lipinski definition) is 5. The smallest absolute Gasteiger partial charge is 0.334 e. The molecular formula is C7H11N3O2. The molecule has 0 aromatic carbocycles. The van der Waals surface area contributed by atoms with Gasteiger partial charge in [0, 0.05) is 0 Å². The first-order valence-corrected chi connectivity index (χ1v) is 3.62. The molecule has 0 saturated heterocycles. The van der Waals surface area contributed by atoms with Crippen LogP contribution in [0.4, 0.5) is 0 Å². The van der Waals surface area contributed by atoms with E-state index in [0.29, 0.717) is 13.1 Å². The van der Waals surface area contributed by atoms with Crippen LogP contribution in [0.3, 0.4) is 0 Å². The summed E-state index contributed by atoms with van der Waals surface area (Å²) in [4.78, 5) is 10.9. The number of carbonyl (C=O) groups is 1. The highest BCUT2D eigenvalue weighted by atomic mass is 16.5. The van der Waals surface area contributed by atoms with Gasteiger partial charge < -0.3 is 4.74 Å². The molecule has 0 aliphatic carbocycles. The van der Waals surface area contributed by atoms with E-state index in [1.54, 1.807) is 11.1 Å². The standard InChI is InChI=1S/C7H11N3O2/c1-3-4-10-5-6(8-9-10)7(11)12-2/h3,6H,1,4-5H2,2H3. The number of carbonyl (C=O) groups excluding carboxylic acids is 1. The van der Waals surface area contributed by atoms with Crippen molar-refractivity contribution >= 4 is 5.97 Å². The lowest BCUT2D eigenvalue weighted by Gasteiger charge is -2.09. The van der Waals surface area contributed by atoms with Crippen LogP contribution < -0.4 is 0 Å². The number of hydrogen-bond donors (Lipinski definition) is 0. The van der Waals surface area contributed by atoms with E-state index in [9.17, 15) is 4.79 Å². The van der Waals surface area contributed by atoms with Crippen molar-refractivity contribution in [2.45, 2.75) is 6.04 Å². The monoisotopic (exact) mass is 169 g/mol. The van der Waals surface area contributed by atoms with Gasteiger partial charge in [0.1, 0.15) is 0 Å². The zero-order valence-electron chi connectivity index (χ0n) is 6.93. The van der Waals surface area contributed by atoms with E-state index >= 15 is 0 Å². The minimum atomic E-state index is -0.463. The van der Waals surface area contributed by atoms with Crippen LogP contribution in [0, 0.1) is 0 Å². The quantitative estimate of drug-likeness (QED) is 0.454. The Morgan fingerprint density at radius 3 is 3.25 bits per heavy atom. The molecule has 5 heteroatoms. The Labute approximate surface area is 70.7 Å². The fourth-order valence-electron chi connectivity index (χ4n) is 0.926. The normalized spacial score (nSPS) is 21.1. The lowest BCUT2D eigenvalue weighted by atomic mass is 10.3. The zero-order chi connectivity index (χ0) is 8.97. The second-order valence-electron chi connectivity index (χ2n) is 2.40. The molecule has 0 amide bonds. The molecule has 66 valence electrons. The SMILES string of the molecule is C=CCN1CC(C(=O)OC)N=N1. The molecule has 1 atom stereocenters. The Kier molecular flexibility index (Phi) is 2.79. The fraction of sp³-hybridized carbons (Fsp3) is 0.571. The van der Waals surface area contributed by atoms with Crippen LogP contribution in [0.5, 0.6) is 0 Å². The van der Waals surface area contributed by atoms with Gasteiger partial charge in [0.15, 0.2) is 6.04 Å². The summed E-state index contributed by atoms with van der Waals surface area (Å²) in [5.74, 6) is -0.342. The van der Waals surface area contributed by atoms with Crippen LogP contribution in [-0.4, -0.2) is 37.2 Å². The van der Waals surface area contributed by atoms with Gasteiger partial charge in [-0.2, -0.15) is 5.11 Å². The van der Waals surface area contributed by atoms with Crippen molar-refractivity contribution in [3.63, 3.8) is 0 Å². The third kappa shape index (κ3) is 1.81. The molecule has 0 saturated carbocycles. The zero-order valence-corrected chi connectivity index (χ0v) is 6.93. The van der Waals surface area contributed by atoms with Gasteiger partial charge >= 0.3 is 5.97 Å². The summed E-state index contributed by atoms with van der Waals surface area (Å²) in [5, 5.41) is 9.16. The summed E-state index contributed by atoms with van der Waals surface area (Å²) < 4.78 is 4.52. The van der Waals surface area contributed by atoms with E-state index in [2.05, 4.69) is 21.7 Å². The van der Waals surface area contributed by atoms with Gasteiger partial charge in [-0.1, -0.05) is 11.3 Å². The van der Waals surface area contributed by atoms with Crippen molar-refractivity contribution in [2.75, 3.05) is 20.2 Å². The van der Waals surface area contributed by atoms with Crippen LogP contribution >= 0.6 is 0 Å². The molecule has 1 heterocycles. The predicted octanol–water partition coefficient (Wildman–Crippen LogP) is 0.397. The van der Waals surface area contributed by atoms with E-state index < -0.39 is 6.04 Å². The first kappa shape index (κ1) is 8.70.